The molecule has 0 radical (unpaired) electrons. The van der Waals surface area contributed by atoms with E-state index < -0.39 is 0 Å². The number of fused-ring (bicyclic) bond motifs is 2. The lowest BCUT2D eigenvalue weighted by atomic mass is 10.2. The van der Waals surface area contributed by atoms with Crippen LogP contribution in [-0.2, 0) is 0 Å². The van der Waals surface area contributed by atoms with Crippen LogP contribution in [0.1, 0.15) is 0 Å². The van der Waals surface area contributed by atoms with Crippen LogP contribution >= 0.6 is 0 Å². The molecule has 0 aliphatic rings. The van der Waals surface area contributed by atoms with Gasteiger partial charge in [-0.2, -0.15) is 5.10 Å². The molecule has 1 N–H and O–H groups in total. The third-order valence-corrected chi connectivity index (χ3v) is 2.43. The summed E-state index contributed by atoms with van der Waals surface area (Å²) in [7, 11) is 1.65. The molecule has 0 saturated heterocycles. The molecule has 0 atom stereocenters. The Labute approximate surface area is 85.9 Å². The summed E-state index contributed by atoms with van der Waals surface area (Å²) in [5.41, 5.74) is 1.71. The second-order valence-electron chi connectivity index (χ2n) is 3.35. The summed E-state index contributed by atoms with van der Waals surface area (Å²) < 4.78 is 5.15. The number of methoxy groups -OCH3 is 1. The number of pyridine rings is 1. The largest absolute Gasteiger partial charge is 0.497 e. The lowest BCUT2D eigenvalue weighted by Gasteiger charge is -2.01. The highest BCUT2D eigenvalue weighted by atomic mass is 16.5. The fraction of sp³-hybridized carbons (Fsp3) is 0.0909. The zero-order valence-corrected chi connectivity index (χ0v) is 8.19. The van der Waals surface area contributed by atoms with Crippen LogP contribution in [0, 0.1) is 0 Å². The van der Waals surface area contributed by atoms with Gasteiger partial charge in [-0.1, -0.05) is 0 Å². The average molecular weight is 199 g/mol. The fourth-order valence-corrected chi connectivity index (χ4v) is 1.64. The van der Waals surface area contributed by atoms with Gasteiger partial charge >= 0.3 is 0 Å². The number of hydrogen-bond acceptors (Lipinski definition) is 3. The molecule has 4 nitrogen and oxygen atoms in total. The summed E-state index contributed by atoms with van der Waals surface area (Å²) in [5, 5.41) is 8.90. The van der Waals surface area contributed by atoms with Crippen LogP contribution < -0.4 is 4.74 Å². The molecule has 1 aromatic carbocycles. The van der Waals surface area contributed by atoms with E-state index in [1.54, 1.807) is 13.3 Å². The topological polar surface area (TPSA) is 50.8 Å². The number of hydrogen-bond donors (Lipinski definition) is 1. The Bertz CT molecular complexity index is 630. The van der Waals surface area contributed by atoms with E-state index in [1.165, 1.54) is 0 Å². The predicted octanol–water partition coefficient (Wildman–Crippen LogP) is 2.12. The maximum absolute atomic E-state index is 5.15. The van der Waals surface area contributed by atoms with Crippen LogP contribution in [0.4, 0.5) is 0 Å². The SMILES string of the molecule is COc1ccc2cc3cn[nH]c3nc2c1. The summed E-state index contributed by atoms with van der Waals surface area (Å²) in [4.78, 5) is 4.45. The number of H-pyrrole nitrogens is 1. The summed E-state index contributed by atoms with van der Waals surface area (Å²) >= 11 is 0. The van der Waals surface area contributed by atoms with Gasteiger partial charge in [0, 0.05) is 16.8 Å². The Morgan fingerprint density at radius 1 is 1.20 bits per heavy atom. The second kappa shape index (κ2) is 2.95. The molecule has 2 heterocycles. The zero-order valence-electron chi connectivity index (χ0n) is 8.19. The van der Waals surface area contributed by atoms with Crippen LogP contribution in [0.5, 0.6) is 5.75 Å². The van der Waals surface area contributed by atoms with Crippen LogP contribution in [0.25, 0.3) is 21.9 Å². The van der Waals surface area contributed by atoms with Gasteiger partial charge in [0.2, 0.25) is 0 Å². The summed E-state index contributed by atoms with van der Waals surface area (Å²) in [6.45, 7) is 0. The van der Waals surface area contributed by atoms with Crippen molar-refractivity contribution in [2.24, 2.45) is 0 Å². The number of aromatic nitrogens is 3. The number of nitrogens with one attached hydrogen (secondary N) is 1. The van der Waals surface area contributed by atoms with Crippen molar-refractivity contribution in [3.05, 3.63) is 30.5 Å². The van der Waals surface area contributed by atoms with E-state index in [1.807, 2.05) is 18.2 Å². The molecule has 2 aromatic heterocycles. The summed E-state index contributed by atoms with van der Waals surface area (Å²) in [5.74, 6) is 0.814. The molecule has 74 valence electrons. The Hall–Kier alpha value is -2.10. The lowest BCUT2D eigenvalue weighted by Crippen LogP contribution is -1.85. The number of aromatic amines is 1. The molecule has 4 heteroatoms. The molecule has 0 aliphatic carbocycles. The molecule has 0 fully saturated rings. The first kappa shape index (κ1) is 8.23. The molecule has 3 aromatic rings. The van der Waals surface area contributed by atoms with Gasteiger partial charge in [0.25, 0.3) is 0 Å². The predicted molar refractivity (Wildman–Crippen MR) is 57.9 cm³/mol. The van der Waals surface area contributed by atoms with Gasteiger partial charge in [-0.15, -0.1) is 0 Å². The van der Waals surface area contributed by atoms with E-state index in [0.29, 0.717) is 0 Å². The van der Waals surface area contributed by atoms with Gasteiger partial charge < -0.3 is 4.74 Å². The van der Waals surface area contributed by atoms with Crippen LogP contribution in [-0.4, -0.2) is 22.3 Å². The Morgan fingerprint density at radius 2 is 2.13 bits per heavy atom. The highest BCUT2D eigenvalue weighted by Gasteiger charge is 2.02. The highest BCUT2D eigenvalue weighted by Crippen LogP contribution is 2.22. The smallest absolute Gasteiger partial charge is 0.155 e. The minimum Gasteiger partial charge on any atom is -0.497 e. The van der Waals surface area contributed by atoms with Crippen molar-refractivity contribution < 1.29 is 4.74 Å². The molecule has 0 bridgehead atoms. The number of nitrogens with zero attached hydrogens (tertiary/aromatic N) is 2. The molecule has 3 rings (SSSR count). The first-order valence-electron chi connectivity index (χ1n) is 4.65. The molecule has 0 spiro atoms. The number of ether oxygens (including phenoxy) is 1. The third kappa shape index (κ3) is 1.22. The van der Waals surface area contributed by atoms with E-state index in [0.717, 1.165) is 27.7 Å². The number of rotatable bonds is 1. The normalized spacial score (nSPS) is 11.0. The molecule has 0 aliphatic heterocycles. The first-order chi connectivity index (χ1) is 7.36. The summed E-state index contributed by atoms with van der Waals surface area (Å²) in [6, 6.07) is 7.89. The van der Waals surface area contributed by atoms with E-state index in [2.05, 4.69) is 21.2 Å². The van der Waals surface area contributed by atoms with Gasteiger partial charge in [-0.3, -0.25) is 5.10 Å². The van der Waals surface area contributed by atoms with E-state index in [4.69, 9.17) is 4.74 Å². The standard InChI is InChI=1S/C11H9N3O/c1-15-9-3-2-7-4-8-6-12-14-11(8)13-10(7)5-9/h2-6H,1H3,(H,12,13,14). The van der Waals surface area contributed by atoms with Crippen molar-refractivity contribution in [3.63, 3.8) is 0 Å². The maximum Gasteiger partial charge on any atom is 0.155 e. The van der Waals surface area contributed by atoms with E-state index in [9.17, 15) is 0 Å². The minimum absolute atomic E-state index is 0.802. The number of benzene rings is 1. The molecular formula is C11H9N3O. The zero-order chi connectivity index (χ0) is 10.3. The van der Waals surface area contributed by atoms with Crippen molar-refractivity contribution in [1.29, 1.82) is 0 Å². The Balaban J connectivity index is 2.38. The van der Waals surface area contributed by atoms with Crippen LogP contribution in [0.15, 0.2) is 30.5 Å². The van der Waals surface area contributed by atoms with Gasteiger partial charge in [0.1, 0.15) is 5.75 Å². The van der Waals surface area contributed by atoms with Crippen LogP contribution in [0.3, 0.4) is 0 Å². The average Bonchev–Trinajstić information content (AvgIpc) is 2.72. The second-order valence-corrected chi connectivity index (χ2v) is 3.35. The van der Waals surface area contributed by atoms with Gasteiger partial charge in [0.05, 0.1) is 18.8 Å². The first-order valence-corrected chi connectivity index (χ1v) is 4.65. The third-order valence-electron chi connectivity index (χ3n) is 2.43. The molecule has 15 heavy (non-hydrogen) atoms. The van der Waals surface area contributed by atoms with Crippen LogP contribution in [0.2, 0.25) is 0 Å². The van der Waals surface area contributed by atoms with Crippen molar-refractivity contribution >= 4 is 21.9 Å². The van der Waals surface area contributed by atoms with Crippen molar-refractivity contribution in [2.45, 2.75) is 0 Å². The lowest BCUT2D eigenvalue weighted by molar-refractivity contribution is 0.415. The fourth-order valence-electron chi connectivity index (χ4n) is 1.64. The van der Waals surface area contributed by atoms with Gasteiger partial charge in [-0.25, -0.2) is 4.98 Å². The maximum atomic E-state index is 5.15. The molecular weight excluding hydrogens is 190 g/mol. The molecule has 0 saturated carbocycles. The van der Waals surface area contributed by atoms with E-state index >= 15 is 0 Å². The van der Waals surface area contributed by atoms with E-state index in [-0.39, 0.29) is 0 Å². The van der Waals surface area contributed by atoms with Crippen molar-refractivity contribution in [3.8, 4) is 5.75 Å². The van der Waals surface area contributed by atoms with Gasteiger partial charge in [0.15, 0.2) is 5.65 Å². The minimum atomic E-state index is 0.802. The van der Waals surface area contributed by atoms with Crippen molar-refractivity contribution in [2.75, 3.05) is 7.11 Å². The highest BCUT2D eigenvalue weighted by molar-refractivity contribution is 5.91. The Kier molecular flexibility index (Phi) is 1.62. The monoisotopic (exact) mass is 199 g/mol. The molecule has 0 unspecified atom stereocenters. The summed E-state index contributed by atoms with van der Waals surface area (Å²) in [6.07, 6.45) is 1.77. The van der Waals surface area contributed by atoms with Crippen molar-refractivity contribution in [1.82, 2.24) is 15.2 Å². The molecule has 0 amide bonds. The van der Waals surface area contributed by atoms with Gasteiger partial charge in [-0.05, 0) is 18.2 Å². The quantitative estimate of drug-likeness (QED) is 0.653. The Morgan fingerprint density at radius 3 is 3.00 bits per heavy atom.